The number of nitrogens with one attached hydrogen (secondary N) is 1. The Morgan fingerprint density at radius 1 is 1.29 bits per heavy atom. The first-order valence-corrected chi connectivity index (χ1v) is 8.16. The molecule has 116 valence electrons. The van der Waals surface area contributed by atoms with Gasteiger partial charge in [0.25, 0.3) is 0 Å². The molecule has 0 heterocycles. The fourth-order valence-electron chi connectivity index (χ4n) is 3.37. The maximum Gasteiger partial charge on any atom is 0.220 e. The molecular formula is C18H28N2O. The topological polar surface area (TPSA) is 55.1 Å². The fraction of sp³-hybridized carbons (Fsp3) is 0.611. The van der Waals surface area contributed by atoms with Crippen molar-refractivity contribution in [1.82, 2.24) is 5.32 Å². The zero-order valence-electron chi connectivity index (χ0n) is 13.2. The lowest BCUT2D eigenvalue weighted by Crippen LogP contribution is -2.39. The molecule has 0 bridgehead atoms. The second kappa shape index (κ2) is 7.60. The van der Waals surface area contributed by atoms with Crippen molar-refractivity contribution >= 4 is 5.91 Å². The summed E-state index contributed by atoms with van der Waals surface area (Å²) in [6, 6.07) is 8.45. The molecule has 0 radical (unpaired) electrons. The van der Waals surface area contributed by atoms with E-state index >= 15 is 0 Å². The zero-order valence-corrected chi connectivity index (χ0v) is 13.2. The van der Waals surface area contributed by atoms with Crippen LogP contribution >= 0.6 is 0 Å². The Morgan fingerprint density at radius 2 is 2.05 bits per heavy atom. The average Bonchev–Trinajstić information content (AvgIpc) is 2.48. The number of hydrogen-bond donors (Lipinski definition) is 2. The Kier molecular flexibility index (Phi) is 5.80. The number of benzene rings is 1. The van der Waals surface area contributed by atoms with Crippen LogP contribution in [0.5, 0.6) is 0 Å². The van der Waals surface area contributed by atoms with E-state index in [9.17, 15) is 4.79 Å². The molecule has 1 fully saturated rings. The molecule has 21 heavy (non-hydrogen) atoms. The number of carbonyl (C=O) groups is 1. The Balaban J connectivity index is 1.76. The third kappa shape index (κ3) is 4.85. The van der Waals surface area contributed by atoms with Crippen molar-refractivity contribution in [2.45, 2.75) is 51.9 Å². The minimum absolute atomic E-state index is 0.0612. The van der Waals surface area contributed by atoms with Crippen molar-refractivity contribution in [3.05, 3.63) is 35.4 Å². The largest absolute Gasteiger partial charge is 0.356 e. The summed E-state index contributed by atoms with van der Waals surface area (Å²) in [6.45, 7) is 3.44. The van der Waals surface area contributed by atoms with Crippen LogP contribution in [-0.4, -0.2) is 19.0 Å². The molecule has 3 N–H and O–H groups in total. The molecule has 0 aromatic heterocycles. The van der Waals surface area contributed by atoms with E-state index in [2.05, 4.69) is 36.5 Å². The van der Waals surface area contributed by atoms with Gasteiger partial charge in [-0.3, -0.25) is 4.79 Å². The quantitative estimate of drug-likeness (QED) is 0.845. The molecule has 1 aliphatic carbocycles. The molecule has 3 heteroatoms. The standard InChI is InChI=1S/C18H28N2O/c1-15-6-5-7-16(12-15)8-11-20-17(21)13-18(14-19)9-3-2-4-10-18/h5-7,12H,2-4,8-11,13-14,19H2,1H3,(H,20,21). The lowest BCUT2D eigenvalue weighted by molar-refractivity contribution is -0.123. The Hall–Kier alpha value is -1.35. The number of hydrogen-bond acceptors (Lipinski definition) is 2. The summed E-state index contributed by atoms with van der Waals surface area (Å²) in [4.78, 5) is 12.2. The van der Waals surface area contributed by atoms with Gasteiger partial charge in [-0.1, -0.05) is 49.1 Å². The van der Waals surface area contributed by atoms with Crippen molar-refractivity contribution < 1.29 is 4.79 Å². The Labute approximate surface area is 128 Å². The van der Waals surface area contributed by atoms with Crippen LogP contribution in [-0.2, 0) is 11.2 Å². The molecule has 0 aliphatic heterocycles. The third-order valence-electron chi connectivity index (χ3n) is 4.70. The van der Waals surface area contributed by atoms with E-state index < -0.39 is 0 Å². The molecule has 1 saturated carbocycles. The maximum atomic E-state index is 12.2. The second-order valence-corrected chi connectivity index (χ2v) is 6.53. The van der Waals surface area contributed by atoms with E-state index in [0.29, 0.717) is 19.5 Å². The first-order valence-electron chi connectivity index (χ1n) is 8.16. The van der Waals surface area contributed by atoms with Gasteiger partial charge in [-0.05, 0) is 43.7 Å². The number of aryl methyl sites for hydroxylation is 1. The molecule has 1 aromatic rings. The van der Waals surface area contributed by atoms with Gasteiger partial charge >= 0.3 is 0 Å². The van der Waals surface area contributed by atoms with E-state index in [0.717, 1.165) is 19.3 Å². The van der Waals surface area contributed by atoms with Crippen LogP contribution in [0.1, 0.15) is 49.7 Å². The molecule has 0 atom stereocenters. The third-order valence-corrected chi connectivity index (χ3v) is 4.70. The van der Waals surface area contributed by atoms with Gasteiger partial charge in [0.05, 0.1) is 0 Å². The molecule has 1 amide bonds. The molecule has 1 aliphatic rings. The van der Waals surface area contributed by atoms with Gasteiger partial charge < -0.3 is 11.1 Å². The predicted molar refractivity (Wildman–Crippen MR) is 87.1 cm³/mol. The maximum absolute atomic E-state index is 12.2. The lowest BCUT2D eigenvalue weighted by atomic mass is 9.71. The number of amides is 1. The average molecular weight is 288 g/mol. The van der Waals surface area contributed by atoms with Crippen LogP contribution in [0.3, 0.4) is 0 Å². The summed E-state index contributed by atoms with van der Waals surface area (Å²) >= 11 is 0. The number of nitrogens with two attached hydrogens (primary N) is 1. The van der Waals surface area contributed by atoms with Crippen LogP contribution in [0, 0.1) is 12.3 Å². The van der Waals surface area contributed by atoms with E-state index in [1.165, 1.54) is 30.4 Å². The molecular weight excluding hydrogens is 260 g/mol. The highest BCUT2D eigenvalue weighted by Crippen LogP contribution is 2.38. The molecule has 0 saturated heterocycles. The normalized spacial score (nSPS) is 17.4. The van der Waals surface area contributed by atoms with Crippen LogP contribution in [0.2, 0.25) is 0 Å². The first-order chi connectivity index (χ1) is 10.1. The summed E-state index contributed by atoms with van der Waals surface area (Å²) in [7, 11) is 0. The summed E-state index contributed by atoms with van der Waals surface area (Å²) in [5.74, 6) is 0.162. The van der Waals surface area contributed by atoms with Crippen molar-refractivity contribution in [3.63, 3.8) is 0 Å². The van der Waals surface area contributed by atoms with E-state index in [1.807, 2.05) is 0 Å². The number of rotatable bonds is 6. The van der Waals surface area contributed by atoms with Crippen molar-refractivity contribution in [1.29, 1.82) is 0 Å². The minimum atomic E-state index is 0.0612. The summed E-state index contributed by atoms with van der Waals surface area (Å²) in [6.07, 6.45) is 7.42. The summed E-state index contributed by atoms with van der Waals surface area (Å²) in [5.41, 5.74) is 8.55. The van der Waals surface area contributed by atoms with Crippen molar-refractivity contribution in [2.75, 3.05) is 13.1 Å². The van der Waals surface area contributed by atoms with Crippen LogP contribution < -0.4 is 11.1 Å². The fourth-order valence-corrected chi connectivity index (χ4v) is 3.37. The first kappa shape index (κ1) is 16.0. The van der Waals surface area contributed by atoms with Gasteiger partial charge in [-0.15, -0.1) is 0 Å². The predicted octanol–water partition coefficient (Wildman–Crippen LogP) is 2.95. The molecule has 2 rings (SSSR count). The highest BCUT2D eigenvalue weighted by atomic mass is 16.1. The van der Waals surface area contributed by atoms with E-state index in [4.69, 9.17) is 5.73 Å². The highest BCUT2D eigenvalue weighted by Gasteiger charge is 2.32. The number of carbonyl (C=O) groups excluding carboxylic acids is 1. The lowest BCUT2D eigenvalue weighted by Gasteiger charge is -2.35. The monoisotopic (exact) mass is 288 g/mol. The van der Waals surface area contributed by atoms with Gasteiger partial charge in [0.1, 0.15) is 0 Å². The van der Waals surface area contributed by atoms with Crippen LogP contribution in [0.25, 0.3) is 0 Å². The van der Waals surface area contributed by atoms with Crippen LogP contribution in [0.4, 0.5) is 0 Å². The van der Waals surface area contributed by atoms with Gasteiger partial charge in [0, 0.05) is 13.0 Å². The SMILES string of the molecule is Cc1cccc(CCNC(=O)CC2(CN)CCCCC2)c1. The van der Waals surface area contributed by atoms with E-state index in [1.54, 1.807) is 0 Å². The molecule has 1 aromatic carbocycles. The van der Waals surface area contributed by atoms with E-state index in [-0.39, 0.29) is 11.3 Å². The molecule has 0 unspecified atom stereocenters. The Bertz CT molecular complexity index is 464. The van der Waals surface area contributed by atoms with Gasteiger partial charge in [0.15, 0.2) is 0 Å². The summed E-state index contributed by atoms with van der Waals surface area (Å²) < 4.78 is 0. The smallest absolute Gasteiger partial charge is 0.220 e. The van der Waals surface area contributed by atoms with Gasteiger partial charge in [-0.25, -0.2) is 0 Å². The summed E-state index contributed by atoms with van der Waals surface area (Å²) in [5, 5.41) is 3.06. The second-order valence-electron chi connectivity index (χ2n) is 6.53. The van der Waals surface area contributed by atoms with Gasteiger partial charge in [-0.2, -0.15) is 0 Å². The van der Waals surface area contributed by atoms with Crippen LogP contribution in [0.15, 0.2) is 24.3 Å². The molecule has 0 spiro atoms. The van der Waals surface area contributed by atoms with Crippen molar-refractivity contribution in [3.8, 4) is 0 Å². The van der Waals surface area contributed by atoms with Crippen molar-refractivity contribution in [2.24, 2.45) is 11.1 Å². The molecule has 3 nitrogen and oxygen atoms in total. The Morgan fingerprint density at radius 3 is 2.71 bits per heavy atom. The minimum Gasteiger partial charge on any atom is -0.356 e. The zero-order chi connectivity index (χ0) is 15.1. The van der Waals surface area contributed by atoms with Gasteiger partial charge in [0.2, 0.25) is 5.91 Å². The highest BCUT2D eigenvalue weighted by molar-refractivity contribution is 5.76.